The van der Waals surface area contributed by atoms with E-state index < -0.39 is 10.0 Å². The number of hydrogen-bond donors (Lipinski definition) is 1. The quantitative estimate of drug-likeness (QED) is 0.893. The molecule has 6 nitrogen and oxygen atoms in total. The van der Waals surface area contributed by atoms with E-state index in [1.165, 1.54) is 21.7 Å². The molecule has 0 saturated carbocycles. The Hall–Kier alpha value is -1.60. The molecule has 0 spiro atoms. The fraction of sp³-hybridized carbons (Fsp3) is 0.611. The Labute approximate surface area is 150 Å². The van der Waals surface area contributed by atoms with E-state index in [9.17, 15) is 13.2 Å². The third-order valence-corrected chi connectivity index (χ3v) is 6.39. The highest BCUT2D eigenvalue weighted by Crippen LogP contribution is 2.32. The summed E-state index contributed by atoms with van der Waals surface area (Å²) in [5, 5.41) is 3.06. The molecule has 2 aliphatic rings. The molecule has 0 aromatic heterocycles. The fourth-order valence-electron chi connectivity index (χ4n) is 3.85. The Morgan fingerprint density at radius 2 is 1.96 bits per heavy atom. The highest BCUT2D eigenvalue weighted by molar-refractivity contribution is 7.88. The minimum atomic E-state index is -3.20. The van der Waals surface area contributed by atoms with E-state index in [2.05, 4.69) is 30.4 Å². The van der Waals surface area contributed by atoms with Crippen molar-refractivity contribution in [2.24, 2.45) is 0 Å². The molecule has 2 heterocycles. The van der Waals surface area contributed by atoms with Crippen LogP contribution in [0.1, 0.15) is 42.9 Å². The summed E-state index contributed by atoms with van der Waals surface area (Å²) in [6.45, 7) is 3.71. The summed E-state index contributed by atoms with van der Waals surface area (Å²) in [5.41, 5.74) is 2.37. The molecular weight excluding hydrogens is 338 g/mol. The monoisotopic (exact) mass is 365 g/mol. The number of rotatable bonds is 3. The molecular formula is C18H27N3O3S. The number of hydrogen-bond acceptors (Lipinski definition) is 3. The van der Waals surface area contributed by atoms with Crippen LogP contribution in [0.4, 0.5) is 4.79 Å². The summed E-state index contributed by atoms with van der Waals surface area (Å²) in [7, 11) is -3.20. The normalized spacial score (nSPS) is 25.1. The van der Waals surface area contributed by atoms with Gasteiger partial charge >= 0.3 is 6.03 Å². The van der Waals surface area contributed by atoms with Crippen LogP contribution >= 0.6 is 0 Å². The lowest BCUT2D eigenvalue weighted by Gasteiger charge is -2.33. The van der Waals surface area contributed by atoms with Crippen LogP contribution in [-0.2, 0) is 10.0 Å². The second-order valence-electron chi connectivity index (χ2n) is 7.18. The van der Waals surface area contributed by atoms with Crippen molar-refractivity contribution in [3.8, 4) is 0 Å². The molecule has 0 radical (unpaired) electrons. The second kappa shape index (κ2) is 7.33. The first-order valence-electron chi connectivity index (χ1n) is 8.93. The average Bonchev–Trinajstić information content (AvgIpc) is 3.04. The zero-order chi connectivity index (χ0) is 18.0. The number of benzene rings is 1. The molecule has 0 aliphatic carbocycles. The summed E-state index contributed by atoms with van der Waals surface area (Å²) in [5.74, 6) is 0. The molecule has 2 fully saturated rings. The minimum Gasteiger partial charge on any atom is -0.334 e. The number of urea groups is 1. The first-order valence-corrected chi connectivity index (χ1v) is 10.8. The van der Waals surface area contributed by atoms with E-state index in [1.807, 2.05) is 11.0 Å². The van der Waals surface area contributed by atoms with Crippen LogP contribution in [0, 0.1) is 6.92 Å². The van der Waals surface area contributed by atoms with Crippen LogP contribution < -0.4 is 5.32 Å². The van der Waals surface area contributed by atoms with Gasteiger partial charge < -0.3 is 10.2 Å². The molecule has 2 atom stereocenters. The molecule has 1 aromatic carbocycles. The summed E-state index contributed by atoms with van der Waals surface area (Å²) >= 11 is 0. The Morgan fingerprint density at radius 3 is 2.68 bits per heavy atom. The largest absolute Gasteiger partial charge is 0.334 e. The van der Waals surface area contributed by atoms with Gasteiger partial charge in [0.15, 0.2) is 0 Å². The van der Waals surface area contributed by atoms with Crippen molar-refractivity contribution in [2.75, 3.05) is 25.9 Å². The predicted molar refractivity (Wildman–Crippen MR) is 97.8 cm³/mol. The first-order chi connectivity index (χ1) is 11.8. The standard InChI is InChI=1S/C18H27N3O3S/c1-14-6-3-7-15(12-14)17-9-5-11-21(17)18(22)19-16-8-4-10-20(13-16)25(2,23)24/h3,6-7,12,16-17H,4-5,8-11,13H2,1-2H3,(H,19,22). The maximum atomic E-state index is 12.8. The number of sulfonamides is 1. The van der Waals surface area contributed by atoms with E-state index in [0.717, 1.165) is 32.2 Å². The average molecular weight is 365 g/mol. The molecule has 2 amide bonds. The lowest BCUT2D eigenvalue weighted by Crippen LogP contribution is -2.52. The molecule has 1 aromatic rings. The second-order valence-corrected chi connectivity index (χ2v) is 9.16. The van der Waals surface area contributed by atoms with Gasteiger partial charge in [0.2, 0.25) is 10.0 Å². The Morgan fingerprint density at radius 1 is 1.20 bits per heavy atom. The number of aryl methyl sites for hydroxylation is 1. The van der Waals surface area contributed by atoms with Gasteiger partial charge in [0, 0.05) is 25.7 Å². The van der Waals surface area contributed by atoms with Gasteiger partial charge in [-0.25, -0.2) is 17.5 Å². The summed E-state index contributed by atoms with van der Waals surface area (Å²) < 4.78 is 25.0. The van der Waals surface area contributed by atoms with E-state index >= 15 is 0 Å². The van der Waals surface area contributed by atoms with Gasteiger partial charge in [0.1, 0.15) is 0 Å². The van der Waals surface area contributed by atoms with Crippen LogP contribution in [0.2, 0.25) is 0 Å². The maximum absolute atomic E-state index is 12.8. The summed E-state index contributed by atoms with van der Waals surface area (Å²) in [6.07, 6.45) is 4.79. The Balaban J connectivity index is 1.66. The van der Waals surface area contributed by atoms with Gasteiger partial charge in [-0.1, -0.05) is 29.8 Å². The maximum Gasteiger partial charge on any atom is 0.318 e. The van der Waals surface area contributed by atoms with Gasteiger partial charge in [0.25, 0.3) is 0 Å². The fourth-order valence-corrected chi connectivity index (χ4v) is 4.76. The molecule has 7 heteroatoms. The topological polar surface area (TPSA) is 69.7 Å². The van der Waals surface area contributed by atoms with Crippen molar-refractivity contribution in [1.82, 2.24) is 14.5 Å². The van der Waals surface area contributed by atoms with Crippen LogP contribution in [-0.4, -0.2) is 55.6 Å². The van der Waals surface area contributed by atoms with Crippen LogP contribution in [0.3, 0.4) is 0 Å². The third kappa shape index (κ3) is 4.33. The van der Waals surface area contributed by atoms with E-state index in [0.29, 0.717) is 13.1 Å². The smallest absolute Gasteiger partial charge is 0.318 e. The number of carbonyl (C=O) groups is 1. The van der Waals surface area contributed by atoms with Gasteiger partial charge in [-0.15, -0.1) is 0 Å². The first kappa shape index (κ1) is 18.2. The van der Waals surface area contributed by atoms with Crippen LogP contribution in [0.15, 0.2) is 24.3 Å². The van der Waals surface area contributed by atoms with Gasteiger partial charge in [0.05, 0.1) is 12.3 Å². The molecule has 3 rings (SSSR count). The molecule has 1 N–H and O–H groups in total. The van der Waals surface area contributed by atoms with Gasteiger partial charge in [-0.2, -0.15) is 0 Å². The van der Waals surface area contributed by atoms with Crippen molar-refractivity contribution < 1.29 is 13.2 Å². The van der Waals surface area contributed by atoms with Crippen molar-refractivity contribution in [2.45, 2.75) is 44.7 Å². The lowest BCUT2D eigenvalue weighted by atomic mass is 10.0. The number of amides is 2. The molecule has 138 valence electrons. The third-order valence-electron chi connectivity index (χ3n) is 5.12. The van der Waals surface area contributed by atoms with E-state index in [4.69, 9.17) is 0 Å². The van der Waals surface area contributed by atoms with Crippen molar-refractivity contribution >= 4 is 16.1 Å². The van der Waals surface area contributed by atoms with Gasteiger partial charge in [-0.3, -0.25) is 0 Å². The molecule has 2 saturated heterocycles. The highest BCUT2D eigenvalue weighted by Gasteiger charge is 2.33. The Kier molecular flexibility index (Phi) is 5.34. The van der Waals surface area contributed by atoms with Crippen molar-refractivity contribution in [1.29, 1.82) is 0 Å². The molecule has 2 aliphatic heterocycles. The number of nitrogens with zero attached hydrogens (tertiary/aromatic N) is 2. The zero-order valence-electron chi connectivity index (χ0n) is 14.9. The van der Waals surface area contributed by atoms with Crippen LogP contribution in [0.25, 0.3) is 0 Å². The van der Waals surface area contributed by atoms with Crippen LogP contribution in [0.5, 0.6) is 0 Å². The molecule has 2 unspecified atom stereocenters. The summed E-state index contributed by atoms with van der Waals surface area (Å²) in [4.78, 5) is 14.7. The van der Waals surface area contributed by atoms with E-state index in [-0.39, 0.29) is 18.1 Å². The zero-order valence-corrected chi connectivity index (χ0v) is 15.8. The summed E-state index contributed by atoms with van der Waals surface area (Å²) in [6, 6.07) is 8.22. The number of carbonyl (C=O) groups excluding carboxylic acids is 1. The lowest BCUT2D eigenvalue weighted by molar-refractivity contribution is 0.181. The molecule has 0 bridgehead atoms. The van der Waals surface area contributed by atoms with E-state index in [1.54, 1.807) is 0 Å². The Bertz CT molecular complexity index is 735. The minimum absolute atomic E-state index is 0.0793. The number of nitrogens with one attached hydrogen (secondary N) is 1. The van der Waals surface area contributed by atoms with Crippen molar-refractivity contribution in [3.05, 3.63) is 35.4 Å². The number of likely N-dealkylation sites (tertiary alicyclic amines) is 1. The molecule has 25 heavy (non-hydrogen) atoms. The highest BCUT2D eigenvalue weighted by atomic mass is 32.2. The SMILES string of the molecule is Cc1cccc(C2CCCN2C(=O)NC2CCCN(S(C)(=O)=O)C2)c1. The number of piperidine rings is 1. The van der Waals surface area contributed by atoms with Crippen molar-refractivity contribution in [3.63, 3.8) is 0 Å². The van der Waals surface area contributed by atoms with Gasteiger partial charge in [-0.05, 0) is 38.2 Å². The predicted octanol–water partition coefficient (Wildman–Crippen LogP) is 2.27.